The number of halogens is 1. The van der Waals surface area contributed by atoms with Crippen molar-refractivity contribution in [3.05, 3.63) is 11.1 Å². The second-order valence-electron chi connectivity index (χ2n) is 5.11. The minimum absolute atomic E-state index is 0.568. The van der Waals surface area contributed by atoms with E-state index in [2.05, 4.69) is 32.7 Å². The molecule has 2 rings (SSSR count). The van der Waals surface area contributed by atoms with Crippen molar-refractivity contribution in [3.8, 4) is 0 Å². The second kappa shape index (κ2) is 4.98. The summed E-state index contributed by atoms with van der Waals surface area (Å²) in [7, 11) is 0. The maximum Gasteiger partial charge on any atom is 0.0294 e. The Balaban J connectivity index is 1.93. The molecular weight excluding hydrogens is 252 g/mol. The van der Waals surface area contributed by atoms with E-state index in [9.17, 15) is 0 Å². The van der Waals surface area contributed by atoms with Crippen LogP contribution in [0.2, 0.25) is 0 Å². The van der Waals surface area contributed by atoms with Gasteiger partial charge in [0, 0.05) is 24.1 Å². The number of nitrogens with one attached hydrogen (secondary N) is 1. The van der Waals surface area contributed by atoms with E-state index in [1.54, 1.807) is 0 Å². The van der Waals surface area contributed by atoms with Gasteiger partial charge in [-0.05, 0) is 44.2 Å². The molecule has 2 heterocycles. The lowest BCUT2D eigenvalue weighted by molar-refractivity contribution is 0.0717. The fraction of sp³-hybridized carbons (Fsp3) is 0.833. The van der Waals surface area contributed by atoms with Crippen LogP contribution in [0.25, 0.3) is 0 Å². The molecule has 0 saturated carbocycles. The van der Waals surface area contributed by atoms with Crippen molar-refractivity contribution in [1.82, 2.24) is 10.2 Å². The van der Waals surface area contributed by atoms with Gasteiger partial charge in [0.25, 0.3) is 0 Å². The molecule has 1 spiro atoms. The zero-order valence-corrected chi connectivity index (χ0v) is 11.0. The van der Waals surface area contributed by atoms with E-state index in [1.165, 1.54) is 51.9 Å². The molecule has 3 heteroatoms. The molecule has 0 aromatic rings. The summed E-state index contributed by atoms with van der Waals surface area (Å²) in [5.74, 6) is 0. The summed E-state index contributed by atoms with van der Waals surface area (Å²) in [6.07, 6.45) is 5.52. The number of hydrogen-bond donors (Lipinski definition) is 1. The summed E-state index contributed by atoms with van der Waals surface area (Å²) in [5, 5.41) is 3.56. The normalized spacial score (nSPS) is 33.1. The molecule has 2 nitrogen and oxygen atoms in total. The minimum atomic E-state index is 0.568. The summed E-state index contributed by atoms with van der Waals surface area (Å²) >= 11 is 3.47. The Labute approximate surface area is 101 Å². The van der Waals surface area contributed by atoms with Crippen LogP contribution in [-0.4, -0.2) is 37.6 Å². The third kappa shape index (κ3) is 3.05. The van der Waals surface area contributed by atoms with E-state index < -0.39 is 0 Å². The zero-order chi connectivity index (χ0) is 10.7. The predicted molar refractivity (Wildman–Crippen MR) is 68.3 cm³/mol. The SMILES string of the molecule is C=C(Br)CN1CCCC2(CCCNC2)C1. The Bertz CT molecular complexity index is 228. The van der Waals surface area contributed by atoms with E-state index in [0.717, 1.165) is 11.0 Å². The quantitative estimate of drug-likeness (QED) is 0.831. The van der Waals surface area contributed by atoms with Gasteiger partial charge in [-0.15, -0.1) is 0 Å². The minimum Gasteiger partial charge on any atom is -0.316 e. The molecule has 0 bridgehead atoms. The van der Waals surface area contributed by atoms with E-state index in [1.807, 2.05) is 0 Å². The highest BCUT2D eigenvalue weighted by atomic mass is 79.9. The molecule has 0 radical (unpaired) electrons. The Morgan fingerprint density at radius 1 is 1.40 bits per heavy atom. The van der Waals surface area contributed by atoms with Crippen LogP contribution in [0.3, 0.4) is 0 Å². The fourth-order valence-corrected chi connectivity index (χ4v) is 3.42. The third-order valence-corrected chi connectivity index (χ3v) is 3.95. The molecule has 1 N–H and O–H groups in total. The van der Waals surface area contributed by atoms with Gasteiger partial charge in [0.15, 0.2) is 0 Å². The highest BCUT2D eigenvalue weighted by molar-refractivity contribution is 9.11. The van der Waals surface area contributed by atoms with Crippen molar-refractivity contribution in [2.75, 3.05) is 32.7 Å². The molecule has 0 aliphatic carbocycles. The topological polar surface area (TPSA) is 15.3 Å². The van der Waals surface area contributed by atoms with Crippen molar-refractivity contribution in [1.29, 1.82) is 0 Å². The number of likely N-dealkylation sites (tertiary alicyclic amines) is 1. The van der Waals surface area contributed by atoms with Gasteiger partial charge in [0.2, 0.25) is 0 Å². The van der Waals surface area contributed by atoms with Crippen LogP contribution in [0, 0.1) is 5.41 Å². The van der Waals surface area contributed by atoms with E-state index in [-0.39, 0.29) is 0 Å². The van der Waals surface area contributed by atoms with Gasteiger partial charge in [-0.1, -0.05) is 22.5 Å². The highest BCUT2D eigenvalue weighted by Crippen LogP contribution is 2.36. The van der Waals surface area contributed by atoms with Gasteiger partial charge >= 0.3 is 0 Å². The molecule has 2 aliphatic heterocycles. The van der Waals surface area contributed by atoms with Crippen LogP contribution in [0.4, 0.5) is 0 Å². The lowest BCUT2D eigenvalue weighted by Crippen LogP contribution is -2.51. The van der Waals surface area contributed by atoms with E-state index in [0.29, 0.717) is 5.41 Å². The van der Waals surface area contributed by atoms with Crippen molar-refractivity contribution < 1.29 is 0 Å². The first-order valence-electron chi connectivity index (χ1n) is 5.97. The molecule has 0 aromatic heterocycles. The monoisotopic (exact) mass is 272 g/mol. The average molecular weight is 273 g/mol. The van der Waals surface area contributed by atoms with Crippen LogP contribution >= 0.6 is 15.9 Å². The maximum atomic E-state index is 3.94. The van der Waals surface area contributed by atoms with E-state index >= 15 is 0 Å². The van der Waals surface area contributed by atoms with Gasteiger partial charge in [0.1, 0.15) is 0 Å². The number of rotatable bonds is 2. The van der Waals surface area contributed by atoms with E-state index in [4.69, 9.17) is 0 Å². The Hall–Kier alpha value is 0.140. The summed E-state index contributed by atoms with van der Waals surface area (Å²) in [4.78, 5) is 2.55. The molecule has 86 valence electrons. The summed E-state index contributed by atoms with van der Waals surface area (Å²) in [5.41, 5.74) is 0.568. The average Bonchev–Trinajstić information content (AvgIpc) is 2.17. The van der Waals surface area contributed by atoms with Gasteiger partial charge < -0.3 is 5.32 Å². The fourth-order valence-electron chi connectivity index (χ4n) is 3.07. The van der Waals surface area contributed by atoms with Crippen molar-refractivity contribution >= 4 is 15.9 Å². The summed E-state index contributed by atoms with van der Waals surface area (Å²) in [6.45, 7) is 9.89. The van der Waals surface area contributed by atoms with Gasteiger partial charge in [-0.3, -0.25) is 4.90 Å². The molecule has 0 aromatic carbocycles. The van der Waals surface area contributed by atoms with Crippen molar-refractivity contribution in [2.24, 2.45) is 5.41 Å². The Morgan fingerprint density at radius 3 is 2.87 bits per heavy atom. The van der Waals surface area contributed by atoms with Crippen LogP contribution in [0.5, 0.6) is 0 Å². The first-order chi connectivity index (χ1) is 7.20. The smallest absolute Gasteiger partial charge is 0.0294 e. The molecule has 15 heavy (non-hydrogen) atoms. The van der Waals surface area contributed by atoms with Gasteiger partial charge in [-0.2, -0.15) is 0 Å². The molecule has 1 unspecified atom stereocenters. The highest BCUT2D eigenvalue weighted by Gasteiger charge is 2.36. The first kappa shape index (κ1) is 11.6. The number of piperidine rings is 2. The zero-order valence-electron chi connectivity index (χ0n) is 9.40. The molecule has 1 atom stereocenters. The first-order valence-corrected chi connectivity index (χ1v) is 6.76. The molecule has 2 aliphatic rings. The molecule has 2 fully saturated rings. The van der Waals surface area contributed by atoms with Crippen molar-refractivity contribution in [3.63, 3.8) is 0 Å². The number of hydrogen-bond acceptors (Lipinski definition) is 2. The standard InChI is InChI=1S/C12H21BrN2/c1-11(13)8-15-7-3-5-12(10-15)4-2-6-14-9-12/h14H,1-10H2. The van der Waals surface area contributed by atoms with Gasteiger partial charge in [0.05, 0.1) is 0 Å². The van der Waals surface area contributed by atoms with Crippen LogP contribution in [-0.2, 0) is 0 Å². The molecular formula is C12H21BrN2. The third-order valence-electron chi connectivity index (χ3n) is 3.70. The molecule has 0 amide bonds. The largest absolute Gasteiger partial charge is 0.316 e. The molecule has 2 saturated heterocycles. The van der Waals surface area contributed by atoms with Crippen LogP contribution in [0.1, 0.15) is 25.7 Å². The predicted octanol–water partition coefficient (Wildman–Crippen LogP) is 2.36. The summed E-state index contributed by atoms with van der Waals surface area (Å²) < 4.78 is 1.11. The lowest BCUT2D eigenvalue weighted by Gasteiger charge is -2.45. The Kier molecular flexibility index (Phi) is 3.86. The van der Waals surface area contributed by atoms with Gasteiger partial charge in [-0.25, -0.2) is 0 Å². The lowest BCUT2D eigenvalue weighted by atomic mass is 9.74. The van der Waals surface area contributed by atoms with Crippen molar-refractivity contribution in [2.45, 2.75) is 25.7 Å². The van der Waals surface area contributed by atoms with Crippen LogP contribution < -0.4 is 5.32 Å². The Morgan fingerprint density at radius 2 is 2.20 bits per heavy atom. The summed E-state index contributed by atoms with van der Waals surface area (Å²) in [6, 6.07) is 0. The van der Waals surface area contributed by atoms with Crippen LogP contribution in [0.15, 0.2) is 11.1 Å². The number of nitrogens with zero attached hydrogens (tertiary/aromatic N) is 1. The second-order valence-corrected chi connectivity index (χ2v) is 6.23. The maximum absolute atomic E-state index is 3.94.